The second kappa shape index (κ2) is 5.05. The Morgan fingerprint density at radius 3 is 2.59 bits per heavy atom. The number of carbonyl (C=O) groups excluding carboxylic acids is 1. The summed E-state index contributed by atoms with van der Waals surface area (Å²) in [4.78, 5) is 15.9. The Morgan fingerprint density at radius 2 is 2.00 bits per heavy atom. The lowest BCUT2D eigenvalue weighted by Gasteiger charge is -2.00. The van der Waals surface area contributed by atoms with Gasteiger partial charge in [-0.1, -0.05) is 29.8 Å². The van der Waals surface area contributed by atoms with Gasteiger partial charge in [-0.25, -0.2) is 4.98 Å². The molecule has 5 heteroatoms. The van der Waals surface area contributed by atoms with Crippen LogP contribution in [0, 0.1) is 11.7 Å². The van der Waals surface area contributed by atoms with Crippen LogP contribution in [0.15, 0.2) is 24.3 Å². The minimum Gasteiger partial charge on any atom is -0.294 e. The van der Waals surface area contributed by atoms with E-state index in [-0.39, 0.29) is 5.78 Å². The number of aryl methyl sites for hydroxylation is 2. The average Bonchev–Trinajstić information content (AvgIpc) is 2.73. The molecule has 0 fully saturated rings. The molecule has 0 saturated carbocycles. The van der Waals surface area contributed by atoms with Crippen molar-refractivity contribution >= 4 is 18.0 Å². The molecule has 0 aliphatic heterocycles. The molecule has 4 nitrogen and oxygen atoms in total. The van der Waals surface area contributed by atoms with Crippen LogP contribution >= 0.6 is 12.2 Å². The van der Waals surface area contributed by atoms with Gasteiger partial charge in [0.05, 0.1) is 0 Å². The number of nitrogens with zero attached hydrogens (tertiary/aromatic N) is 1. The standard InChI is InChI=1S/C12H13N3OS/c1-8-2-4-9(5-3-8)10(16)6-7-11-13-12(17)15-14-11/h2-5H,6-7H2,1H3,(H2,13,14,15,17). The van der Waals surface area contributed by atoms with Crippen LogP contribution in [-0.4, -0.2) is 21.0 Å². The zero-order valence-corrected chi connectivity index (χ0v) is 10.3. The highest BCUT2D eigenvalue weighted by molar-refractivity contribution is 7.71. The smallest absolute Gasteiger partial charge is 0.213 e. The summed E-state index contributed by atoms with van der Waals surface area (Å²) in [5, 5.41) is 5.54. The Bertz CT molecular complexity index is 568. The van der Waals surface area contributed by atoms with E-state index in [0.29, 0.717) is 17.6 Å². The molecule has 2 N–H and O–H groups in total. The zero-order valence-electron chi connectivity index (χ0n) is 9.49. The first-order chi connectivity index (χ1) is 8.15. The summed E-state index contributed by atoms with van der Waals surface area (Å²) in [6, 6.07) is 7.58. The second-order valence-electron chi connectivity index (χ2n) is 3.90. The van der Waals surface area contributed by atoms with Crippen molar-refractivity contribution in [3.63, 3.8) is 0 Å². The van der Waals surface area contributed by atoms with E-state index in [1.54, 1.807) is 0 Å². The third-order valence-electron chi connectivity index (χ3n) is 2.51. The lowest BCUT2D eigenvalue weighted by Crippen LogP contribution is -2.02. The number of nitrogens with one attached hydrogen (secondary N) is 2. The maximum absolute atomic E-state index is 11.9. The molecule has 1 aromatic heterocycles. The van der Waals surface area contributed by atoms with Gasteiger partial charge in [0.2, 0.25) is 4.77 Å². The molecular weight excluding hydrogens is 234 g/mol. The summed E-state index contributed by atoms with van der Waals surface area (Å²) in [7, 11) is 0. The lowest BCUT2D eigenvalue weighted by atomic mass is 10.1. The first-order valence-corrected chi connectivity index (χ1v) is 5.79. The SMILES string of the molecule is Cc1ccc(C(=O)CCc2nc(=S)[nH][nH]2)cc1. The summed E-state index contributed by atoms with van der Waals surface area (Å²) in [5.74, 6) is 0.836. The van der Waals surface area contributed by atoms with Gasteiger partial charge < -0.3 is 0 Å². The number of hydrogen-bond acceptors (Lipinski definition) is 3. The van der Waals surface area contributed by atoms with Crippen LogP contribution in [-0.2, 0) is 6.42 Å². The van der Waals surface area contributed by atoms with E-state index in [9.17, 15) is 4.79 Å². The fourth-order valence-electron chi connectivity index (χ4n) is 1.54. The number of benzene rings is 1. The summed E-state index contributed by atoms with van der Waals surface area (Å²) >= 11 is 4.84. The summed E-state index contributed by atoms with van der Waals surface area (Å²) < 4.78 is 0.419. The van der Waals surface area contributed by atoms with Gasteiger partial charge in [-0.2, -0.15) is 0 Å². The summed E-state index contributed by atoms with van der Waals surface area (Å²) in [6.07, 6.45) is 0.999. The Balaban J connectivity index is 1.98. The van der Waals surface area contributed by atoms with Gasteiger partial charge in [0, 0.05) is 18.4 Å². The van der Waals surface area contributed by atoms with Crippen molar-refractivity contribution in [2.75, 3.05) is 0 Å². The van der Waals surface area contributed by atoms with E-state index in [1.807, 2.05) is 31.2 Å². The Kier molecular flexibility index (Phi) is 3.49. The van der Waals surface area contributed by atoms with Crippen LogP contribution in [0.25, 0.3) is 0 Å². The van der Waals surface area contributed by atoms with Crippen molar-refractivity contribution in [3.8, 4) is 0 Å². The van der Waals surface area contributed by atoms with Gasteiger partial charge in [0.25, 0.3) is 0 Å². The molecule has 0 saturated heterocycles. The average molecular weight is 247 g/mol. The number of aromatic nitrogens is 3. The molecule has 0 unspecified atom stereocenters. The third-order valence-corrected chi connectivity index (χ3v) is 2.71. The molecule has 2 aromatic rings. The highest BCUT2D eigenvalue weighted by Gasteiger charge is 2.06. The van der Waals surface area contributed by atoms with Crippen molar-refractivity contribution < 1.29 is 4.79 Å². The number of ketones is 1. The van der Waals surface area contributed by atoms with Crippen LogP contribution in [0.5, 0.6) is 0 Å². The molecule has 88 valence electrons. The minimum atomic E-state index is 0.118. The molecule has 0 radical (unpaired) electrons. The van der Waals surface area contributed by atoms with Crippen LogP contribution in [0.1, 0.15) is 28.2 Å². The predicted octanol–water partition coefficient (Wildman–Crippen LogP) is 2.59. The molecule has 1 heterocycles. The highest BCUT2D eigenvalue weighted by atomic mass is 32.1. The molecule has 0 spiro atoms. The molecule has 0 aliphatic carbocycles. The molecule has 2 rings (SSSR count). The Morgan fingerprint density at radius 1 is 1.29 bits per heavy atom. The normalized spacial score (nSPS) is 10.4. The number of Topliss-reactive ketones (excluding diaryl/α,β-unsaturated/α-hetero) is 1. The van der Waals surface area contributed by atoms with Gasteiger partial charge in [0.1, 0.15) is 5.82 Å². The van der Waals surface area contributed by atoms with E-state index in [1.165, 1.54) is 0 Å². The maximum atomic E-state index is 11.9. The van der Waals surface area contributed by atoms with Crippen molar-refractivity contribution in [1.82, 2.24) is 15.2 Å². The van der Waals surface area contributed by atoms with Crippen LogP contribution in [0.3, 0.4) is 0 Å². The monoisotopic (exact) mass is 247 g/mol. The largest absolute Gasteiger partial charge is 0.294 e. The molecule has 0 atom stereocenters. The number of hydrogen-bond donors (Lipinski definition) is 2. The minimum absolute atomic E-state index is 0.118. The van der Waals surface area contributed by atoms with Gasteiger partial charge >= 0.3 is 0 Å². The topological polar surface area (TPSA) is 61.5 Å². The van der Waals surface area contributed by atoms with Gasteiger partial charge in [-0.15, -0.1) is 0 Å². The van der Waals surface area contributed by atoms with E-state index < -0.39 is 0 Å². The third kappa shape index (κ3) is 3.10. The lowest BCUT2D eigenvalue weighted by molar-refractivity contribution is 0.0982. The highest BCUT2D eigenvalue weighted by Crippen LogP contribution is 2.07. The van der Waals surface area contributed by atoms with E-state index in [4.69, 9.17) is 12.2 Å². The molecule has 0 amide bonds. The fourth-order valence-corrected chi connectivity index (χ4v) is 1.70. The van der Waals surface area contributed by atoms with E-state index in [0.717, 1.165) is 17.0 Å². The van der Waals surface area contributed by atoms with Gasteiger partial charge in [-0.3, -0.25) is 15.0 Å². The van der Waals surface area contributed by atoms with E-state index in [2.05, 4.69) is 15.2 Å². The van der Waals surface area contributed by atoms with Crippen LogP contribution in [0.2, 0.25) is 0 Å². The summed E-state index contributed by atoms with van der Waals surface area (Å²) in [5.41, 5.74) is 1.89. The summed E-state index contributed by atoms with van der Waals surface area (Å²) in [6.45, 7) is 2.00. The first-order valence-electron chi connectivity index (χ1n) is 5.38. The first kappa shape index (κ1) is 11.7. The van der Waals surface area contributed by atoms with Gasteiger partial charge in [0.15, 0.2) is 5.78 Å². The second-order valence-corrected chi connectivity index (χ2v) is 4.29. The molecule has 1 aromatic carbocycles. The van der Waals surface area contributed by atoms with Crippen molar-refractivity contribution in [2.24, 2.45) is 0 Å². The van der Waals surface area contributed by atoms with Crippen LogP contribution in [0.4, 0.5) is 0 Å². The molecular formula is C12H13N3OS. The van der Waals surface area contributed by atoms with Crippen molar-refractivity contribution in [1.29, 1.82) is 0 Å². The number of carbonyl (C=O) groups is 1. The number of H-pyrrole nitrogens is 2. The van der Waals surface area contributed by atoms with E-state index >= 15 is 0 Å². The molecule has 0 bridgehead atoms. The quantitative estimate of drug-likeness (QED) is 0.645. The van der Waals surface area contributed by atoms with Crippen molar-refractivity contribution in [3.05, 3.63) is 46.0 Å². The molecule has 17 heavy (non-hydrogen) atoms. The Labute approximate surface area is 104 Å². The van der Waals surface area contributed by atoms with Crippen molar-refractivity contribution in [2.45, 2.75) is 19.8 Å². The van der Waals surface area contributed by atoms with Crippen LogP contribution < -0.4 is 0 Å². The fraction of sp³-hybridized carbons (Fsp3) is 0.250. The number of rotatable bonds is 4. The van der Waals surface area contributed by atoms with Gasteiger partial charge in [-0.05, 0) is 19.1 Å². The maximum Gasteiger partial charge on any atom is 0.213 e. The number of aromatic amines is 2. The zero-order chi connectivity index (χ0) is 12.3. The molecule has 0 aliphatic rings. The Hall–Kier alpha value is -1.75. The predicted molar refractivity (Wildman–Crippen MR) is 67.6 cm³/mol.